The third-order valence-corrected chi connectivity index (χ3v) is 6.00. The van der Waals surface area contributed by atoms with E-state index >= 15 is 0 Å². The lowest BCUT2D eigenvalue weighted by Gasteiger charge is -2.26. The van der Waals surface area contributed by atoms with Gasteiger partial charge in [0.15, 0.2) is 0 Å². The van der Waals surface area contributed by atoms with E-state index in [1.165, 1.54) is 24.8 Å². The Balaban J connectivity index is 1.42. The Labute approximate surface area is 146 Å². The van der Waals surface area contributed by atoms with E-state index in [1.807, 2.05) is 0 Å². The highest BCUT2D eigenvalue weighted by atomic mass is 16.2. The first-order valence-electron chi connectivity index (χ1n) is 9.67. The molecule has 0 spiro atoms. The second-order valence-corrected chi connectivity index (χ2v) is 8.09. The van der Waals surface area contributed by atoms with Crippen molar-refractivity contribution in [3.8, 4) is 0 Å². The summed E-state index contributed by atoms with van der Waals surface area (Å²) in [5.74, 6) is 1.14. The smallest absolute Gasteiger partial charge is 0.222 e. The van der Waals surface area contributed by atoms with E-state index in [2.05, 4.69) is 47.5 Å². The molecule has 1 atom stereocenters. The first-order valence-corrected chi connectivity index (χ1v) is 9.67. The number of carbonyl (C=O) groups is 1. The van der Waals surface area contributed by atoms with Crippen molar-refractivity contribution in [1.29, 1.82) is 0 Å². The van der Waals surface area contributed by atoms with Gasteiger partial charge in [-0.3, -0.25) is 4.79 Å². The van der Waals surface area contributed by atoms with Gasteiger partial charge in [0, 0.05) is 19.5 Å². The maximum atomic E-state index is 12.6. The number of nitrogens with one attached hydrogen (secondary N) is 1. The van der Waals surface area contributed by atoms with Gasteiger partial charge in [-0.2, -0.15) is 0 Å². The molecule has 2 fully saturated rings. The van der Waals surface area contributed by atoms with Gasteiger partial charge in [0.2, 0.25) is 5.91 Å². The van der Waals surface area contributed by atoms with Crippen LogP contribution in [0.3, 0.4) is 0 Å². The van der Waals surface area contributed by atoms with E-state index in [-0.39, 0.29) is 0 Å². The van der Waals surface area contributed by atoms with Crippen LogP contribution in [0.25, 0.3) is 0 Å². The fraction of sp³-hybridized carbons (Fsp3) is 0.667. The molecule has 1 amide bonds. The lowest BCUT2D eigenvalue weighted by molar-refractivity contribution is -0.130. The predicted octanol–water partition coefficient (Wildman–Crippen LogP) is 3.64. The average Bonchev–Trinajstić information content (AvgIpc) is 3.03. The molecule has 0 radical (unpaired) electrons. The van der Waals surface area contributed by atoms with E-state index in [0.717, 1.165) is 57.8 Å². The van der Waals surface area contributed by atoms with Crippen molar-refractivity contribution in [2.45, 2.75) is 51.9 Å². The molecule has 1 aromatic carbocycles. The highest BCUT2D eigenvalue weighted by Gasteiger charge is 2.35. The molecule has 1 N–H and O–H groups in total. The number of hydrogen-bond donors (Lipinski definition) is 1. The molecule has 2 aliphatic heterocycles. The van der Waals surface area contributed by atoms with Crippen molar-refractivity contribution in [1.82, 2.24) is 10.2 Å². The molecule has 1 unspecified atom stereocenters. The predicted molar refractivity (Wildman–Crippen MR) is 98.9 cm³/mol. The Morgan fingerprint density at radius 2 is 2.00 bits per heavy atom. The molecular formula is C21H32N2O. The van der Waals surface area contributed by atoms with Crippen molar-refractivity contribution in [2.75, 3.05) is 26.2 Å². The Morgan fingerprint density at radius 1 is 1.25 bits per heavy atom. The Hall–Kier alpha value is -1.35. The number of amides is 1. The molecule has 0 aliphatic carbocycles. The molecule has 3 heteroatoms. The minimum atomic E-state index is 0.292. The molecule has 3 nitrogen and oxygen atoms in total. The molecule has 24 heavy (non-hydrogen) atoms. The number of piperidine rings is 1. The molecule has 132 valence electrons. The number of nitrogens with zero attached hydrogens (tertiary/aromatic N) is 1. The van der Waals surface area contributed by atoms with E-state index in [0.29, 0.717) is 11.3 Å². The van der Waals surface area contributed by atoms with Crippen LogP contribution in [0.4, 0.5) is 0 Å². The van der Waals surface area contributed by atoms with Crippen LogP contribution in [0.5, 0.6) is 0 Å². The lowest BCUT2D eigenvalue weighted by atomic mass is 9.83. The van der Waals surface area contributed by atoms with E-state index in [4.69, 9.17) is 0 Å². The maximum Gasteiger partial charge on any atom is 0.222 e. The Morgan fingerprint density at radius 3 is 2.75 bits per heavy atom. The summed E-state index contributed by atoms with van der Waals surface area (Å²) in [6, 6.07) is 10.7. The number of aryl methyl sites for hydroxylation is 1. The lowest BCUT2D eigenvalue weighted by Crippen LogP contribution is -2.32. The fourth-order valence-electron chi connectivity index (χ4n) is 4.19. The summed E-state index contributed by atoms with van der Waals surface area (Å²) in [7, 11) is 0. The van der Waals surface area contributed by atoms with Crippen molar-refractivity contribution in [3.05, 3.63) is 35.9 Å². The van der Waals surface area contributed by atoms with Gasteiger partial charge in [0.05, 0.1) is 0 Å². The summed E-state index contributed by atoms with van der Waals surface area (Å²) >= 11 is 0. The van der Waals surface area contributed by atoms with Crippen molar-refractivity contribution in [3.63, 3.8) is 0 Å². The second-order valence-electron chi connectivity index (χ2n) is 8.09. The van der Waals surface area contributed by atoms with Crippen molar-refractivity contribution >= 4 is 5.91 Å². The van der Waals surface area contributed by atoms with Gasteiger partial charge in [-0.15, -0.1) is 0 Å². The van der Waals surface area contributed by atoms with E-state index < -0.39 is 0 Å². The first kappa shape index (κ1) is 17.5. The molecule has 0 aromatic heterocycles. The largest absolute Gasteiger partial charge is 0.342 e. The van der Waals surface area contributed by atoms with Gasteiger partial charge >= 0.3 is 0 Å². The quantitative estimate of drug-likeness (QED) is 0.865. The summed E-state index contributed by atoms with van der Waals surface area (Å²) in [5, 5.41) is 3.40. The molecule has 3 rings (SSSR count). The van der Waals surface area contributed by atoms with Crippen LogP contribution in [0.2, 0.25) is 0 Å². The van der Waals surface area contributed by atoms with Crippen LogP contribution < -0.4 is 5.32 Å². The van der Waals surface area contributed by atoms with Gasteiger partial charge < -0.3 is 10.2 Å². The zero-order valence-corrected chi connectivity index (χ0v) is 15.1. The molecule has 1 aromatic rings. The minimum absolute atomic E-state index is 0.292. The fourth-order valence-corrected chi connectivity index (χ4v) is 4.19. The highest BCUT2D eigenvalue weighted by Crippen LogP contribution is 2.35. The second kappa shape index (κ2) is 8.15. The first-order chi connectivity index (χ1) is 11.6. The number of benzene rings is 1. The molecule has 2 aliphatic rings. The van der Waals surface area contributed by atoms with Crippen LogP contribution in [0.1, 0.15) is 51.0 Å². The summed E-state index contributed by atoms with van der Waals surface area (Å²) in [6.45, 7) is 6.51. The van der Waals surface area contributed by atoms with E-state index in [9.17, 15) is 4.79 Å². The van der Waals surface area contributed by atoms with Gasteiger partial charge in [-0.25, -0.2) is 0 Å². The average molecular weight is 329 g/mol. The zero-order valence-electron chi connectivity index (χ0n) is 15.1. The van der Waals surface area contributed by atoms with Crippen LogP contribution in [-0.4, -0.2) is 37.0 Å². The van der Waals surface area contributed by atoms with Crippen LogP contribution >= 0.6 is 0 Å². The van der Waals surface area contributed by atoms with Gasteiger partial charge in [0.1, 0.15) is 0 Å². The molecule has 0 saturated carbocycles. The third kappa shape index (κ3) is 4.83. The van der Waals surface area contributed by atoms with E-state index in [1.54, 1.807) is 0 Å². The monoisotopic (exact) mass is 328 g/mol. The summed E-state index contributed by atoms with van der Waals surface area (Å²) in [5.41, 5.74) is 1.70. The van der Waals surface area contributed by atoms with Crippen molar-refractivity contribution < 1.29 is 4.79 Å². The molecule has 2 saturated heterocycles. The topological polar surface area (TPSA) is 32.3 Å². The van der Waals surface area contributed by atoms with Gasteiger partial charge in [-0.05, 0) is 68.5 Å². The van der Waals surface area contributed by atoms with Gasteiger partial charge in [-0.1, -0.05) is 37.3 Å². The van der Waals surface area contributed by atoms with Gasteiger partial charge in [0.25, 0.3) is 0 Å². The number of likely N-dealkylation sites (tertiary alicyclic amines) is 1. The van der Waals surface area contributed by atoms with Crippen LogP contribution in [0.15, 0.2) is 30.3 Å². The SMILES string of the molecule is CC1(CCc2ccccc2)CCN(C(=O)CCC2CCNCC2)C1. The molecule has 2 heterocycles. The molecular weight excluding hydrogens is 296 g/mol. The summed E-state index contributed by atoms with van der Waals surface area (Å²) in [4.78, 5) is 14.7. The number of rotatable bonds is 6. The Bertz CT molecular complexity index is 524. The number of carbonyl (C=O) groups excluding carboxylic acids is 1. The number of hydrogen-bond acceptors (Lipinski definition) is 2. The summed E-state index contributed by atoms with van der Waals surface area (Å²) < 4.78 is 0. The molecule has 0 bridgehead atoms. The van der Waals surface area contributed by atoms with Crippen LogP contribution in [0, 0.1) is 11.3 Å². The summed E-state index contributed by atoms with van der Waals surface area (Å²) in [6.07, 6.45) is 7.75. The Kier molecular flexibility index (Phi) is 5.94. The standard InChI is InChI=1S/C21H32N2O/c1-21(12-9-18-5-3-2-4-6-18)13-16-23(17-21)20(24)8-7-19-10-14-22-15-11-19/h2-6,19,22H,7-17H2,1H3. The maximum absolute atomic E-state index is 12.6. The highest BCUT2D eigenvalue weighted by molar-refractivity contribution is 5.76. The van der Waals surface area contributed by atoms with Crippen LogP contribution in [-0.2, 0) is 11.2 Å². The third-order valence-electron chi connectivity index (χ3n) is 6.00. The normalized spacial score (nSPS) is 25.1. The zero-order chi connectivity index (χ0) is 16.8. The minimum Gasteiger partial charge on any atom is -0.342 e. The van der Waals surface area contributed by atoms with Crippen molar-refractivity contribution in [2.24, 2.45) is 11.3 Å².